The van der Waals surface area contributed by atoms with Crippen LogP contribution >= 0.6 is 12.2 Å². The van der Waals surface area contributed by atoms with Crippen LogP contribution in [0, 0.1) is 23.4 Å². The van der Waals surface area contributed by atoms with Crippen molar-refractivity contribution in [3.8, 4) is 0 Å². The number of aryl methyl sites for hydroxylation is 1. The summed E-state index contributed by atoms with van der Waals surface area (Å²) in [6.45, 7) is 1.85. The largest absolute Gasteiger partial charge is 0.465 e. The molecule has 1 heterocycles. The Balaban J connectivity index is 1.94. The zero-order valence-corrected chi connectivity index (χ0v) is 11.3. The number of rotatable bonds is 2. The van der Waals surface area contributed by atoms with Crippen LogP contribution in [0.3, 0.4) is 0 Å². The summed E-state index contributed by atoms with van der Waals surface area (Å²) < 4.78 is 5.08. The van der Waals surface area contributed by atoms with Crippen LogP contribution in [-0.2, 0) is 4.74 Å². The SMILES string of the molecule is COC(=O)c1c(C)[nH]c(C2CC3CC3C2)nc1=S. The molecule has 0 bridgehead atoms. The first-order valence-electron chi connectivity index (χ1n) is 6.29. The molecular formula is C13H16N2O2S. The highest BCUT2D eigenvalue weighted by Crippen LogP contribution is 2.56. The van der Waals surface area contributed by atoms with Crippen LogP contribution in [-0.4, -0.2) is 23.0 Å². The number of aromatic nitrogens is 2. The summed E-state index contributed by atoms with van der Waals surface area (Å²) >= 11 is 5.21. The number of esters is 1. The minimum atomic E-state index is -0.415. The van der Waals surface area contributed by atoms with Crippen LogP contribution < -0.4 is 0 Å². The second kappa shape index (κ2) is 4.16. The zero-order chi connectivity index (χ0) is 12.9. The van der Waals surface area contributed by atoms with Crippen molar-refractivity contribution >= 4 is 18.2 Å². The average molecular weight is 264 g/mol. The van der Waals surface area contributed by atoms with Crippen LogP contribution in [0.15, 0.2) is 0 Å². The molecule has 18 heavy (non-hydrogen) atoms. The Morgan fingerprint density at radius 2 is 2.06 bits per heavy atom. The second-order valence-corrected chi connectivity index (χ2v) is 5.73. The molecule has 1 N–H and O–H groups in total. The summed E-state index contributed by atoms with van der Waals surface area (Å²) in [7, 11) is 1.36. The van der Waals surface area contributed by atoms with Gasteiger partial charge in [-0.3, -0.25) is 0 Å². The lowest BCUT2D eigenvalue weighted by Crippen LogP contribution is -2.12. The van der Waals surface area contributed by atoms with E-state index in [1.54, 1.807) is 0 Å². The van der Waals surface area contributed by atoms with E-state index in [4.69, 9.17) is 17.0 Å². The van der Waals surface area contributed by atoms with E-state index in [9.17, 15) is 4.79 Å². The van der Waals surface area contributed by atoms with Gasteiger partial charge in [-0.1, -0.05) is 12.2 Å². The van der Waals surface area contributed by atoms with Crippen LogP contribution in [0.4, 0.5) is 0 Å². The molecule has 0 saturated heterocycles. The summed E-state index contributed by atoms with van der Waals surface area (Å²) in [6.07, 6.45) is 3.80. The molecule has 2 saturated carbocycles. The Morgan fingerprint density at radius 3 is 2.61 bits per heavy atom. The summed E-state index contributed by atoms with van der Waals surface area (Å²) in [6, 6.07) is 0. The van der Waals surface area contributed by atoms with Crippen molar-refractivity contribution in [2.45, 2.75) is 32.1 Å². The van der Waals surface area contributed by atoms with E-state index < -0.39 is 5.97 Å². The van der Waals surface area contributed by atoms with E-state index in [1.165, 1.54) is 26.4 Å². The summed E-state index contributed by atoms with van der Waals surface area (Å²) in [5.74, 6) is 2.82. The Bertz CT molecular complexity index is 557. The molecule has 3 rings (SSSR count). The number of hydrogen-bond donors (Lipinski definition) is 1. The van der Waals surface area contributed by atoms with Crippen molar-refractivity contribution in [1.29, 1.82) is 0 Å². The van der Waals surface area contributed by atoms with Gasteiger partial charge < -0.3 is 9.72 Å². The highest BCUT2D eigenvalue weighted by atomic mass is 32.1. The van der Waals surface area contributed by atoms with Gasteiger partial charge in [0.05, 0.1) is 7.11 Å². The summed E-state index contributed by atoms with van der Waals surface area (Å²) in [5, 5.41) is 0. The first-order valence-corrected chi connectivity index (χ1v) is 6.70. The van der Waals surface area contributed by atoms with Gasteiger partial charge >= 0.3 is 5.97 Å². The number of methoxy groups -OCH3 is 1. The number of nitrogens with one attached hydrogen (secondary N) is 1. The van der Waals surface area contributed by atoms with Crippen molar-refractivity contribution in [2.24, 2.45) is 11.8 Å². The summed E-state index contributed by atoms with van der Waals surface area (Å²) in [4.78, 5) is 19.2. The number of ether oxygens (including phenoxy) is 1. The Morgan fingerprint density at radius 1 is 1.39 bits per heavy atom. The fourth-order valence-corrected chi connectivity index (χ4v) is 3.42. The number of aromatic amines is 1. The van der Waals surface area contributed by atoms with E-state index >= 15 is 0 Å². The van der Waals surface area contributed by atoms with Gasteiger partial charge in [0.25, 0.3) is 0 Å². The molecule has 1 aromatic rings. The predicted molar refractivity (Wildman–Crippen MR) is 69.1 cm³/mol. The maximum absolute atomic E-state index is 11.6. The van der Waals surface area contributed by atoms with Crippen molar-refractivity contribution < 1.29 is 9.53 Å². The van der Waals surface area contributed by atoms with Crippen molar-refractivity contribution in [3.05, 3.63) is 21.7 Å². The van der Waals surface area contributed by atoms with Crippen LogP contribution in [0.5, 0.6) is 0 Å². The molecule has 96 valence electrons. The predicted octanol–water partition coefficient (Wildman–Crippen LogP) is 2.75. The molecule has 2 atom stereocenters. The highest BCUT2D eigenvalue weighted by Gasteiger charge is 2.46. The lowest BCUT2D eigenvalue weighted by Gasteiger charge is -2.13. The fraction of sp³-hybridized carbons (Fsp3) is 0.615. The molecule has 5 heteroatoms. The topological polar surface area (TPSA) is 55.0 Å². The lowest BCUT2D eigenvalue weighted by molar-refractivity contribution is 0.0598. The Hall–Kier alpha value is -1.23. The smallest absolute Gasteiger partial charge is 0.342 e. The average Bonchev–Trinajstić information content (AvgIpc) is 2.95. The molecule has 0 aliphatic heterocycles. The molecule has 4 nitrogen and oxygen atoms in total. The fourth-order valence-electron chi connectivity index (χ4n) is 3.08. The van der Waals surface area contributed by atoms with Crippen LogP contribution in [0.2, 0.25) is 0 Å². The van der Waals surface area contributed by atoms with Gasteiger partial charge in [-0.05, 0) is 38.0 Å². The highest BCUT2D eigenvalue weighted by molar-refractivity contribution is 7.71. The van der Waals surface area contributed by atoms with E-state index in [0.717, 1.165) is 23.4 Å². The molecule has 0 aromatic carbocycles. The van der Waals surface area contributed by atoms with E-state index in [2.05, 4.69) is 9.97 Å². The molecule has 0 radical (unpaired) electrons. The van der Waals surface area contributed by atoms with E-state index in [-0.39, 0.29) is 0 Å². The molecule has 2 aliphatic rings. The molecule has 2 fully saturated rings. The monoisotopic (exact) mass is 264 g/mol. The third-order valence-electron chi connectivity index (χ3n) is 4.15. The summed E-state index contributed by atoms with van der Waals surface area (Å²) in [5.41, 5.74) is 1.15. The van der Waals surface area contributed by atoms with Gasteiger partial charge in [0.1, 0.15) is 16.0 Å². The van der Waals surface area contributed by atoms with Gasteiger partial charge in [-0.25, -0.2) is 9.78 Å². The molecule has 0 spiro atoms. The van der Waals surface area contributed by atoms with Crippen LogP contribution in [0.25, 0.3) is 0 Å². The molecule has 0 amide bonds. The normalized spacial score (nSPS) is 28.9. The minimum Gasteiger partial charge on any atom is -0.465 e. The van der Waals surface area contributed by atoms with E-state index in [1.807, 2.05) is 6.92 Å². The van der Waals surface area contributed by atoms with Gasteiger partial charge in [0, 0.05) is 11.6 Å². The molecule has 2 unspecified atom stereocenters. The first-order chi connectivity index (χ1) is 8.60. The number of nitrogens with zero attached hydrogens (tertiary/aromatic N) is 1. The van der Waals surface area contributed by atoms with Gasteiger partial charge in [-0.15, -0.1) is 0 Å². The van der Waals surface area contributed by atoms with Crippen molar-refractivity contribution in [3.63, 3.8) is 0 Å². The molecule has 2 aliphatic carbocycles. The van der Waals surface area contributed by atoms with Crippen LogP contribution in [0.1, 0.15) is 47.1 Å². The van der Waals surface area contributed by atoms with Gasteiger partial charge in [-0.2, -0.15) is 0 Å². The zero-order valence-electron chi connectivity index (χ0n) is 10.5. The quantitative estimate of drug-likeness (QED) is 0.659. The van der Waals surface area contributed by atoms with Crippen molar-refractivity contribution in [1.82, 2.24) is 9.97 Å². The van der Waals surface area contributed by atoms with Gasteiger partial charge in [0.15, 0.2) is 0 Å². The maximum Gasteiger partial charge on any atom is 0.342 e. The Labute approximate surface area is 111 Å². The minimum absolute atomic E-state index is 0.355. The van der Waals surface area contributed by atoms with Crippen molar-refractivity contribution in [2.75, 3.05) is 7.11 Å². The number of hydrogen-bond acceptors (Lipinski definition) is 4. The third-order valence-corrected chi connectivity index (χ3v) is 4.44. The lowest BCUT2D eigenvalue weighted by atomic mass is 10.0. The number of H-pyrrole nitrogens is 1. The number of carbonyl (C=O) groups excluding carboxylic acids is 1. The first kappa shape index (κ1) is 11.8. The number of carbonyl (C=O) groups is 1. The second-order valence-electron chi connectivity index (χ2n) is 5.34. The third kappa shape index (κ3) is 1.86. The standard InChI is InChI=1S/C13H16N2O2S/c1-6-10(13(16)17-2)12(18)15-11(14-6)9-4-7-3-8(7)5-9/h7-9H,3-5H2,1-2H3,(H,14,15,18). The molecular weight excluding hydrogens is 248 g/mol. The number of fused-ring (bicyclic) bond motifs is 1. The molecule has 1 aromatic heterocycles. The van der Waals surface area contributed by atoms with Gasteiger partial charge in [0.2, 0.25) is 0 Å². The Kier molecular flexibility index (Phi) is 2.73. The maximum atomic E-state index is 11.6. The van der Waals surface area contributed by atoms with E-state index in [0.29, 0.717) is 16.1 Å².